The maximum atomic E-state index is 12.6. The van der Waals surface area contributed by atoms with Crippen LogP contribution in [0.25, 0.3) is 11.4 Å². The number of methoxy groups -OCH3 is 1. The van der Waals surface area contributed by atoms with E-state index in [1.165, 1.54) is 5.56 Å². The molecule has 1 fully saturated rings. The van der Waals surface area contributed by atoms with Crippen LogP contribution in [-0.4, -0.2) is 47.7 Å². The Balaban J connectivity index is 1.21. The van der Waals surface area contributed by atoms with Gasteiger partial charge in [-0.15, -0.1) is 0 Å². The van der Waals surface area contributed by atoms with Crippen LogP contribution in [0, 0.1) is 5.92 Å². The molecule has 2 heterocycles. The van der Waals surface area contributed by atoms with Gasteiger partial charge >= 0.3 is 0 Å². The zero-order valence-corrected chi connectivity index (χ0v) is 19.9. The maximum absolute atomic E-state index is 12.6. The Bertz CT molecular complexity index is 1080. The van der Waals surface area contributed by atoms with E-state index in [2.05, 4.69) is 20.4 Å². The van der Waals surface area contributed by atoms with Crippen LogP contribution in [0.5, 0.6) is 5.75 Å². The number of nitrogens with zero attached hydrogens (tertiary/aromatic N) is 3. The van der Waals surface area contributed by atoms with Gasteiger partial charge in [0.25, 0.3) is 0 Å². The number of nitrogens with one attached hydrogen (secondary N) is 1. The minimum Gasteiger partial charge on any atom is -0.497 e. The van der Waals surface area contributed by atoms with Crippen LogP contribution >= 0.6 is 23.2 Å². The lowest BCUT2D eigenvalue weighted by Crippen LogP contribution is -2.40. The van der Waals surface area contributed by atoms with Gasteiger partial charge in [0.2, 0.25) is 17.6 Å². The molecule has 174 valence electrons. The van der Waals surface area contributed by atoms with Crippen LogP contribution in [0.2, 0.25) is 10.0 Å². The highest BCUT2D eigenvalue weighted by molar-refractivity contribution is 6.36. The highest BCUT2D eigenvalue weighted by atomic mass is 35.5. The SMILES string of the molecule is COc1ccc(CCNC(=O)C2CCN(Cc3nc(-c4ccc(Cl)cc4Cl)no3)CC2)cc1. The standard InChI is InChI=1S/C24H26Cl2N4O3/c1-32-19-5-2-16(3-6-19)8-11-27-24(31)17-9-12-30(13-10-17)15-22-28-23(29-33-22)20-7-4-18(25)14-21(20)26/h2-7,14,17H,8-13,15H2,1H3,(H,27,31). The van der Waals surface area contributed by atoms with E-state index >= 15 is 0 Å². The van der Waals surface area contributed by atoms with Crippen LogP contribution in [0.3, 0.4) is 0 Å². The Morgan fingerprint density at radius 1 is 1.18 bits per heavy atom. The second kappa shape index (κ2) is 11.0. The third kappa shape index (κ3) is 6.25. The molecule has 1 saturated heterocycles. The smallest absolute Gasteiger partial charge is 0.241 e. The molecule has 1 aromatic heterocycles. The van der Waals surface area contributed by atoms with E-state index in [4.69, 9.17) is 32.5 Å². The van der Waals surface area contributed by atoms with Crippen molar-refractivity contribution in [3.63, 3.8) is 0 Å². The van der Waals surface area contributed by atoms with Crippen molar-refractivity contribution in [3.8, 4) is 17.1 Å². The fraction of sp³-hybridized carbons (Fsp3) is 0.375. The second-order valence-electron chi connectivity index (χ2n) is 8.08. The molecule has 3 aromatic rings. The van der Waals surface area contributed by atoms with Gasteiger partial charge in [-0.05, 0) is 68.2 Å². The van der Waals surface area contributed by atoms with Gasteiger partial charge in [-0.2, -0.15) is 4.98 Å². The summed E-state index contributed by atoms with van der Waals surface area (Å²) in [5.41, 5.74) is 1.85. The zero-order chi connectivity index (χ0) is 23.2. The van der Waals surface area contributed by atoms with Crippen molar-refractivity contribution in [2.24, 2.45) is 5.92 Å². The van der Waals surface area contributed by atoms with Crippen LogP contribution in [0.4, 0.5) is 0 Å². The molecule has 9 heteroatoms. The largest absolute Gasteiger partial charge is 0.497 e. The molecule has 0 atom stereocenters. The normalized spacial score (nSPS) is 14.9. The van der Waals surface area contributed by atoms with E-state index < -0.39 is 0 Å². The summed E-state index contributed by atoms with van der Waals surface area (Å²) in [6.45, 7) is 2.78. The molecular formula is C24H26Cl2N4O3. The number of aromatic nitrogens is 2. The number of likely N-dealkylation sites (tertiary alicyclic amines) is 1. The molecule has 0 aliphatic carbocycles. The van der Waals surface area contributed by atoms with Crippen molar-refractivity contribution in [3.05, 3.63) is 64.0 Å². The van der Waals surface area contributed by atoms with Gasteiger partial charge in [0.1, 0.15) is 5.75 Å². The van der Waals surface area contributed by atoms with E-state index in [0.29, 0.717) is 40.4 Å². The Morgan fingerprint density at radius 3 is 2.64 bits per heavy atom. The number of hydrogen-bond donors (Lipinski definition) is 1. The van der Waals surface area contributed by atoms with Crippen molar-refractivity contribution >= 4 is 29.1 Å². The van der Waals surface area contributed by atoms with E-state index in [1.807, 2.05) is 24.3 Å². The minimum atomic E-state index is 0.0308. The summed E-state index contributed by atoms with van der Waals surface area (Å²) in [7, 11) is 1.65. The molecule has 0 unspecified atom stereocenters. The molecule has 4 rings (SSSR count). The summed E-state index contributed by atoms with van der Waals surface area (Å²) in [5.74, 6) is 1.96. The summed E-state index contributed by atoms with van der Waals surface area (Å²) >= 11 is 12.2. The lowest BCUT2D eigenvalue weighted by molar-refractivity contribution is -0.126. The first-order valence-corrected chi connectivity index (χ1v) is 11.7. The Morgan fingerprint density at radius 2 is 1.94 bits per heavy atom. The van der Waals surface area contributed by atoms with E-state index in [-0.39, 0.29) is 11.8 Å². The number of benzene rings is 2. The van der Waals surface area contributed by atoms with Gasteiger partial charge in [-0.3, -0.25) is 9.69 Å². The molecule has 7 nitrogen and oxygen atoms in total. The van der Waals surface area contributed by atoms with Gasteiger partial charge in [-0.25, -0.2) is 0 Å². The first-order valence-electron chi connectivity index (χ1n) is 10.9. The van der Waals surface area contributed by atoms with Gasteiger partial charge < -0.3 is 14.6 Å². The topological polar surface area (TPSA) is 80.5 Å². The van der Waals surface area contributed by atoms with Crippen LogP contribution in [0.1, 0.15) is 24.3 Å². The lowest BCUT2D eigenvalue weighted by Gasteiger charge is -2.30. The molecule has 2 aromatic carbocycles. The molecule has 1 N–H and O–H groups in total. The third-order valence-electron chi connectivity index (χ3n) is 5.83. The number of carbonyl (C=O) groups is 1. The highest BCUT2D eigenvalue weighted by Crippen LogP contribution is 2.28. The molecule has 1 amide bonds. The molecule has 0 radical (unpaired) electrons. The molecule has 1 aliphatic rings. The lowest BCUT2D eigenvalue weighted by atomic mass is 9.96. The van der Waals surface area contributed by atoms with Gasteiger partial charge in [0, 0.05) is 23.0 Å². The number of hydrogen-bond acceptors (Lipinski definition) is 6. The molecular weight excluding hydrogens is 463 g/mol. The molecule has 0 bridgehead atoms. The van der Waals surface area contributed by atoms with Crippen LogP contribution in [-0.2, 0) is 17.8 Å². The Hall–Kier alpha value is -2.61. The average Bonchev–Trinajstić information content (AvgIpc) is 3.28. The van der Waals surface area contributed by atoms with Crippen molar-refractivity contribution < 1.29 is 14.1 Å². The Kier molecular flexibility index (Phi) is 7.85. The number of amides is 1. The predicted octanol–water partition coefficient (Wildman–Crippen LogP) is 4.62. The summed E-state index contributed by atoms with van der Waals surface area (Å²) < 4.78 is 10.6. The quantitative estimate of drug-likeness (QED) is 0.498. The number of halogens is 2. The highest BCUT2D eigenvalue weighted by Gasteiger charge is 2.26. The molecule has 0 saturated carbocycles. The van der Waals surface area contributed by atoms with Gasteiger partial charge in [0.05, 0.1) is 18.7 Å². The first-order chi connectivity index (χ1) is 16.0. The average molecular weight is 489 g/mol. The second-order valence-corrected chi connectivity index (χ2v) is 8.92. The van der Waals surface area contributed by atoms with E-state index in [1.54, 1.807) is 25.3 Å². The minimum absolute atomic E-state index is 0.0308. The van der Waals surface area contributed by atoms with Crippen LogP contribution in [0.15, 0.2) is 47.0 Å². The van der Waals surface area contributed by atoms with E-state index in [0.717, 1.165) is 38.1 Å². The predicted molar refractivity (Wildman–Crippen MR) is 127 cm³/mol. The van der Waals surface area contributed by atoms with Gasteiger partial charge in [0.15, 0.2) is 0 Å². The van der Waals surface area contributed by atoms with Crippen molar-refractivity contribution in [2.75, 3.05) is 26.7 Å². The monoisotopic (exact) mass is 488 g/mol. The summed E-state index contributed by atoms with van der Waals surface area (Å²) in [6, 6.07) is 13.1. The first kappa shape index (κ1) is 23.5. The Labute approximate surface area is 203 Å². The number of ether oxygens (including phenoxy) is 1. The van der Waals surface area contributed by atoms with Crippen LogP contribution < -0.4 is 10.1 Å². The van der Waals surface area contributed by atoms with E-state index in [9.17, 15) is 4.79 Å². The van der Waals surface area contributed by atoms with Crippen molar-refractivity contribution in [1.82, 2.24) is 20.4 Å². The summed E-state index contributed by atoms with van der Waals surface area (Å²) in [5, 5.41) is 8.15. The fourth-order valence-electron chi connectivity index (χ4n) is 3.91. The fourth-order valence-corrected chi connectivity index (χ4v) is 4.40. The number of piperidine rings is 1. The summed E-state index contributed by atoms with van der Waals surface area (Å²) in [4.78, 5) is 19.2. The number of rotatable bonds is 8. The summed E-state index contributed by atoms with van der Waals surface area (Å²) in [6.07, 6.45) is 2.41. The molecule has 1 aliphatic heterocycles. The van der Waals surface area contributed by atoms with Crippen molar-refractivity contribution in [1.29, 1.82) is 0 Å². The number of carbonyl (C=O) groups excluding carboxylic acids is 1. The molecule has 33 heavy (non-hydrogen) atoms. The third-order valence-corrected chi connectivity index (χ3v) is 6.38. The van der Waals surface area contributed by atoms with Gasteiger partial charge in [-0.1, -0.05) is 40.5 Å². The van der Waals surface area contributed by atoms with Crippen molar-refractivity contribution in [2.45, 2.75) is 25.8 Å². The molecule has 0 spiro atoms. The zero-order valence-electron chi connectivity index (χ0n) is 18.4. The maximum Gasteiger partial charge on any atom is 0.241 e.